The Morgan fingerprint density at radius 2 is 2.22 bits per heavy atom. The highest BCUT2D eigenvalue weighted by Gasteiger charge is 2.16. The first kappa shape index (κ1) is 20.4. The zero-order valence-corrected chi connectivity index (χ0v) is 16.1. The number of nitrogens with zero attached hydrogens (tertiary/aromatic N) is 4. The molecule has 0 amide bonds. The van der Waals surface area contributed by atoms with Crippen molar-refractivity contribution in [3.05, 3.63) is 40.3 Å². The van der Waals surface area contributed by atoms with Crippen LogP contribution in [0.3, 0.4) is 0 Å². The molecule has 0 aliphatic rings. The first-order valence-electron chi connectivity index (χ1n) is 8.76. The van der Waals surface area contributed by atoms with E-state index in [1.165, 1.54) is 6.08 Å². The Morgan fingerprint density at radius 3 is 2.89 bits per heavy atom. The van der Waals surface area contributed by atoms with Crippen LogP contribution in [0.4, 0.5) is 0 Å². The van der Waals surface area contributed by atoms with Gasteiger partial charge in [0.25, 0.3) is 5.89 Å². The molecule has 2 heterocycles. The Morgan fingerprint density at radius 1 is 1.44 bits per heavy atom. The summed E-state index contributed by atoms with van der Waals surface area (Å²) in [5.41, 5.74) is 2.68. The summed E-state index contributed by atoms with van der Waals surface area (Å²) in [6, 6.07) is 3.82. The van der Waals surface area contributed by atoms with Gasteiger partial charge in [0.05, 0.1) is 6.61 Å². The fourth-order valence-electron chi connectivity index (χ4n) is 2.67. The summed E-state index contributed by atoms with van der Waals surface area (Å²) in [5, 5.41) is 13.1. The summed E-state index contributed by atoms with van der Waals surface area (Å²) in [6.45, 7) is 7.02. The van der Waals surface area contributed by atoms with Crippen LogP contribution in [0.2, 0.25) is 0 Å². The molecule has 0 atom stereocenters. The van der Waals surface area contributed by atoms with Gasteiger partial charge in [0.2, 0.25) is 0 Å². The molecule has 0 aromatic carbocycles. The zero-order valence-electron chi connectivity index (χ0n) is 16.1. The molecule has 0 fully saturated rings. The molecule has 0 radical (unpaired) electrons. The fourth-order valence-corrected chi connectivity index (χ4v) is 2.67. The molecule has 2 aromatic heterocycles. The normalized spacial score (nSPS) is 11.4. The van der Waals surface area contributed by atoms with Crippen LogP contribution in [0.5, 0.6) is 0 Å². The molecule has 0 spiro atoms. The number of methoxy groups -OCH3 is 1. The van der Waals surface area contributed by atoms with E-state index in [2.05, 4.69) is 14.7 Å². The Labute approximate surface area is 158 Å². The second-order valence-electron chi connectivity index (χ2n) is 6.07. The van der Waals surface area contributed by atoms with Gasteiger partial charge in [-0.15, -0.1) is 0 Å². The first-order chi connectivity index (χ1) is 13.0. The Kier molecular flexibility index (Phi) is 7.32. The molecular weight excluding hydrogens is 348 g/mol. The van der Waals surface area contributed by atoms with Crippen molar-refractivity contribution >= 4 is 12.0 Å². The van der Waals surface area contributed by atoms with Gasteiger partial charge >= 0.3 is 5.97 Å². The molecule has 0 aliphatic heterocycles. The van der Waals surface area contributed by atoms with Crippen LogP contribution >= 0.6 is 0 Å². The number of aromatic nitrogens is 3. The molecule has 0 saturated carbocycles. The third kappa shape index (κ3) is 5.28. The maximum absolute atomic E-state index is 12.2. The minimum atomic E-state index is -0.727. The van der Waals surface area contributed by atoms with E-state index in [4.69, 9.17) is 14.0 Å². The van der Waals surface area contributed by atoms with Crippen molar-refractivity contribution in [2.75, 3.05) is 13.7 Å². The van der Waals surface area contributed by atoms with Gasteiger partial charge in [-0.3, -0.25) is 0 Å². The van der Waals surface area contributed by atoms with E-state index in [1.54, 1.807) is 7.11 Å². The molecule has 2 rings (SSSR count). The number of esters is 1. The van der Waals surface area contributed by atoms with Crippen LogP contribution in [-0.4, -0.2) is 34.4 Å². The van der Waals surface area contributed by atoms with Gasteiger partial charge < -0.3 is 18.6 Å². The van der Waals surface area contributed by atoms with Crippen molar-refractivity contribution < 1.29 is 18.8 Å². The average molecular weight is 372 g/mol. The summed E-state index contributed by atoms with van der Waals surface area (Å²) < 4.78 is 17.3. The largest absolute Gasteiger partial charge is 0.451 e. The van der Waals surface area contributed by atoms with E-state index in [0.29, 0.717) is 25.4 Å². The molecule has 0 saturated heterocycles. The molecule has 8 heteroatoms. The average Bonchev–Trinajstić information content (AvgIpc) is 3.21. The van der Waals surface area contributed by atoms with E-state index >= 15 is 0 Å². The lowest BCUT2D eigenvalue weighted by Crippen LogP contribution is -2.08. The lowest BCUT2D eigenvalue weighted by Gasteiger charge is -2.08. The smallest absolute Gasteiger partial charge is 0.349 e. The Hall–Kier alpha value is -2.92. The molecule has 27 heavy (non-hydrogen) atoms. The van der Waals surface area contributed by atoms with Gasteiger partial charge in [0, 0.05) is 31.5 Å². The van der Waals surface area contributed by atoms with E-state index in [-0.39, 0.29) is 18.1 Å². The van der Waals surface area contributed by atoms with Gasteiger partial charge in [-0.25, -0.2) is 4.79 Å². The van der Waals surface area contributed by atoms with Crippen molar-refractivity contribution in [2.24, 2.45) is 0 Å². The molecule has 0 N–H and O–H groups in total. The molecule has 2 aromatic rings. The van der Waals surface area contributed by atoms with Gasteiger partial charge in [-0.2, -0.15) is 10.2 Å². The summed E-state index contributed by atoms with van der Waals surface area (Å²) in [6.07, 6.45) is 3.12. The molecular formula is C19H24N4O4. The second kappa shape index (κ2) is 9.69. The third-order valence-electron chi connectivity index (χ3n) is 4.08. The van der Waals surface area contributed by atoms with Crippen molar-refractivity contribution in [3.8, 4) is 6.07 Å². The lowest BCUT2D eigenvalue weighted by atomic mass is 10.1. The lowest BCUT2D eigenvalue weighted by molar-refractivity contribution is -0.140. The van der Waals surface area contributed by atoms with Crippen LogP contribution in [0.1, 0.15) is 42.0 Å². The fraction of sp³-hybridized carbons (Fsp3) is 0.474. The molecule has 144 valence electrons. The summed E-state index contributed by atoms with van der Waals surface area (Å²) in [4.78, 5) is 16.4. The standard InChI is InChI=1S/C19H24N4O4/c1-5-6-17-21-18(27-22-17)12-26-19(24)16(11-20)10-15-9-13(2)23(14(15)3)7-8-25-4/h9-10H,5-8,12H2,1-4H3/b16-10+. The highest BCUT2D eigenvalue weighted by Crippen LogP contribution is 2.19. The van der Waals surface area contributed by atoms with Gasteiger partial charge in [-0.05, 0) is 38.0 Å². The molecule has 0 bridgehead atoms. The molecule has 0 aliphatic carbocycles. The SMILES string of the molecule is CCCc1noc(COC(=O)/C(C#N)=C/c2cc(C)n(CCOC)c2C)n1. The van der Waals surface area contributed by atoms with Crippen LogP contribution < -0.4 is 0 Å². The number of nitriles is 1. The number of hydrogen-bond donors (Lipinski definition) is 0. The first-order valence-corrected chi connectivity index (χ1v) is 8.76. The van der Waals surface area contributed by atoms with Crippen molar-refractivity contribution in [1.29, 1.82) is 5.26 Å². The number of carbonyl (C=O) groups is 1. The molecule has 8 nitrogen and oxygen atoms in total. The van der Waals surface area contributed by atoms with Crippen LogP contribution in [-0.2, 0) is 33.8 Å². The van der Waals surface area contributed by atoms with Crippen molar-refractivity contribution in [1.82, 2.24) is 14.7 Å². The Balaban J connectivity index is 2.08. The zero-order chi connectivity index (χ0) is 19.8. The van der Waals surface area contributed by atoms with Gasteiger partial charge in [0.15, 0.2) is 12.4 Å². The maximum atomic E-state index is 12.2. The topological polar surface area (TPSA) is 103 Å². The number of rotatable bonds is 9. The predicted octanol–water partition coefficient (Wildman–Crippen LogP) is 2.74. The van der Waals surface area contributed by atoms with Crippen molar-refractivity contribution in [3.63, 3.8) is 0 Å². The third-order valence-corrected chi connectivity index (χ3v) is 4.08. The van der Waals surface area contributed by atoms with Crippen LogP contribution in [0.25, 0.3) is 6.08 Å². The number of hydrogen-bond acceptors (Lipinski definition) is 7. The minimum Gasteiger partial charge on any atom is -0.451 e. The van der Waals surface area contributed by atoms with Gasteiger partial charge in [0.1, 0.15) is 11.6 Å². The second-order valence-corrected chi connectivity index (χ2v) is 6.07. The molecule has 0 unspecified atom stereocenters. The van der Waals surface area contributed by atoms with Crippen LogP contribution in [0, 0.1) is 25.2 Å². The van der Waals surface area contributed by atoms with Gasteiger partial charge in [-0.1, -0.05) is 12.1 Å². The highest BCUT2D eigenvalue weighted by atomic mass is 16.6. The summed E-state index contributed by atoms with van der Waals surface area (Å²) in [7, 11) is 1.65. The van der Waals surface area contributed by atoms with E-state index < -0.39 is 5.97 Å². The number of ether oxygens (including phenoxy) is 2. The van der Waals surface area contributed by atoms with E-state index in [9.17, 15) is 10.1 Å². The summed E-state index contributed by atoms with van der Waals surface area (Å²) >= 11 is 0. The number of carbonyl (C=O) groups excluding carboxylic acids is 1. The van der Waals surface area contributed by atoms with Crippen LogP contribution in [0.15, 0.2) is 16.2 Å². The minimum absolute atomic E-state index is 0.0877. The van der Waals surface area contributed by atoms with E-state index in [0.717, 1.165) is 23.4 Å². The monoisotopic (exact) mass is 372 g/mol. The Bertz CT molecular complexity index is 858. The predicted molar refractivity (Wildman–Crippen MR) is 97.5 cm³/mol. The number of aryl methyl sites for hydroxylation is 2. The highest BCUT2D eigenvalue weighted by molar-refractivity contribution is 5.98. The quantitative estimate of drug-likeness (QED) is 0.379. The summed E-state index contributed by atoms with van der Waals surface area (Å²) in [5.74, 6) is 0.0550. The van der Waals surface area contributed by atoms with E-state index in [1.807, 2.05) is 32.9 Å². The van der Waals surface area contributed by atoms with Crippen molar-refractivity contribution in [2.45, 2.75) is 46.8 Å². The maximum Gasteiger partial charge on any atom is 0.349 e.